The fourth-order valence-electron chi connectivity index (χ4n) is 5.19. The molecule has 0 bridgehead atoms. The number of rotatable bonds is 4. The van der Waals surface area contributed by atoms with Gasteiger partial charge in [0, 0.05) is 33.0 Å². The predicted octanol–water partition coefficient (Wildman–Crippen LogP) is 2.22. The highest BCUT2D eigenvalue weighted by Gasteiger charge is 2.44. The lowest BCUT2D eigenvalue weighted by atomic mass is 9.77. The molecule has 0 radical (unpaired) electrons. The van der Waals surface area contributed by atoms with Crippen LogP contribution in [0.3, 0.4) is 0 Å². The molecule has 3 fully saturated rings. The Morgan fingerprint density at radius 2 is 1.90 bits per heavy atom. The minimum Gasteiger partial charge on any atom is -0.427 e. The predicted molar refractivity (Wildman–Crippen MR) is 107 cm³/mol. The second-order valence-electron chi connectivity index (χ2n) is 8.90. The van der Waals surface area contributed by atoms with E-state index in [2.05, 4.69) is 5.32 Å². The van der Waals surface area contributed by atoms with E-state index in [4.69, 9.17) is 9.15 Å². The van der Waals surface area contributed by atoms with Crippen LogP contribution in [0.5, 0.6) is 0 Å². The molecule has 7 heteroatoms. The molecule has 3 aliphatic rings. The van der Waals surface area contributed by atoms with Crippen LogP contribution in [0.2, 0.25) is 0 Å². The van der Waals surface area contributed by atoms with Gasteiger partial charge in [0.1, 0.15) is 11.3 Å². The number of methoxy groups -OCH3 is 1. The number of hydrogen-bond acceptors (Lipinski definition) is 5. The number of amides is 2. The van der Waals surface area contributed by atoms with Crippen molar-refractivity contribution in [3.05, 3.63) is 33.4 Å². The van der Waals surface area contributed by atoms with Crippen LogP contribution in [0.4, 0.5) is 0 Å². The van der Waals surface area contributed by atoms with Gasteiger partial charge in [-0.2, -0.15) is 0 Å². The van der Waals surface area contributed by atoms with E-state index in [1.807, 2.05) is 13.0 Å². The van der Waals surface area contributed by atoms with Crippen molar-refractivity contribution in [2.75, 3.05) is 20.2 Å². The van der Waals surface area contributed by atoms with Crippen molar-refractivity contribution in [1.29, 1.82) is 0 Å². The number of hydrogen-bond donors (Lipinski definition) is 1. The summed E-state index contributed by atoms with van der Waals surface area (Å²) in [4.78, 5) is 39.1. The Morgan fingerprint density at radius 3 is 2.45 bits per heavy atom. The first-order chi connectivity index (χ1) is 13.9. The van der Waals surface area contributed by atoms with Gasteiger partial charge < -0.3 is 19.4 Å². The minimum absolute atomic E-state index is 0.0395. The van der Waals surface area contributed by atoms with Crippen molar-refractivity contribution >= 4 is 11.8 Å². The van der Waals surface area contributed by atoms with E-state index in [0.29, 0.717) is 42.2 Å². The number of aryl methyl sites for hydroxylation is 1. The third kappa shape index (κ3) is 3.84. The maximum absolute atomic E-state index is 13.2. The van der Waals surface area contributed by atoms with Crippen molar-refractivity contribution in [2.24, 2.45) is 11.8 Å². The summed E-state index contributed by atoms with van der Waals surface area (Å²) in [7, 11) is 1.66. The smallest absolute Gasteiger partial charge is 0.349 e. The molecule has 0 unspecified atom stereocenters. The molecule has 158 valence electrons. The minimum atomic E-state index is -0.516. The van der Waals surface area contributed by atoms with Gasteiger partial charge in [0.05, 0.1) is 12.1 Å². The molecular formula is C22H30N2O5. The molecule has 0 spiro atoms. The van der Waals surface area contributed by atoms with Gasteiger partial charge in [-0.05, 0) is 56.1 Å². The van der Waals surface area contributed by atoms with E-state index in [1.54, 1.807) is 12.0 Å². The third-order valence-electron chi connectivity index (χ3n) is 6.98. The number of nitrogens with zero attached hydrogens (tertiary/aromatic N) is 1. The van der Waals surface area contributed by atoms with Crippen LogP contribution in [0.15, 0.2) is 15.3 Å². The molecule has 2 aliphatic carbocycles. The van der Waals surface area contributed by atoms with Crippen LogP contribution in [-0.4, -0.2) is 49.1 Å². The normalized spacial score (nSPS) is 29.3. The Hall–Kier alpha value is -2.15. The van der Waals surface area contributed by atoms with Gasteiger partial charge in [0.15, 0.2) is 0 Å². The molecule has 1 aromatic heterocycles. The fraction of sp³-hybridized carbons (Fsp3) is 0.682. The molecule has 4 atom stereocenters. The Labute approximate surface area is 170 Å². The van der Waals surface area contributed by atoms with Gasteiger partial charge in [0.2, 0.25) is 5.91 Å². The van der Waals surface area contributed by atoms with E-state index in [0.717, 1.165) is 32.1 Å². The first-order valence-electron chi connectivity index (χ1n) is 10.6. The summed E-state index contributed by atoms with van der Waals surface area (Å²) in [6.45, 7) is 4.54. The molecule has 1 aromatic rings. The Morgan fingerprint density at radius 1 is 1.21 bits per heavy atom. The molecule has 2 saturated carbocycles. The maximum Gasteiger partial charge on any atom is 0.349 e. The zero-order valence-corrected chi connectivity index (χ0v) is 17.4. The number of likely N-dealkylation sites (tertiary alicyclic amines) is 1. The number of fused-ring (bicyclic) bond motifs is 1. The van der Waals surface area contributed by atoms with Crippen LogP contribution >= 0.6 is 0 Å². The van der Waals surface area contributed by atoms with E-state index >= 15 is 0 Å². The van der Waals surface area contributed by atoms with E-state index < -0.39 is 5.63 Å². The van der Waals surface area contributed by atoms with Crippen LogP contribution in [0.1, 0.15) is 66.6 Å². The van der Waals surface area contributed by atoms with Gasteiger partial charge >= 0.3 is 5.63 Å². The van der Waals surface area contributed by atoms with Crippen molar-refractivity contribution < 1.29 is 18.7 Å². The zero-order valence-electron chi connectivity index (χ0n) is 17.4. The molecule has 1 aliphatic heterocycles. The van der Waals surface area contributed by atoms with Crippen LogP contribution in [-0.2, 0) is 9.53 Å². The average Bonchev–Trinajstić information content (AvgIpc) is 3.01. The highest BCUT2D eigenvalue weighted by Crippen LogP contribution is 2.39. The van der Waals surface area contributed by atoms with Crippen molar-refractivity contribution in [3.63, 3.8) is 0 Å². The SMILES string of the molecule is CO[C@@H]1C[C@H]2CN(C(=O)c3c(C)cc(C4CCC4)oc3=O)C[C@H]2C[C@H]1NC(C)=O. The van der Waals surface area contributed by atoms with Crippen LogP contribution < -0.4 is 10.9 Å². The van der Waals surface area contributed by atoms with Gasteiger partial charge in [-0.3, -0.25) is 9.59 Å². The van der Waals surface area contributed by atoms with Crippen LogP contribution in [0, 0.1) is 18.8 Å². The lowest BCUT2D eigenvalue weighted by Crippen LogP contribution is -2.49. The maximum atomic E-state index is 13.2. The van der Waals surface area contributed by atoms with Crippen molar-refractivity contribution in [2.45, 2.75) is 64.0 Å². The van der Waals surface area contributed by atoms with E-state index in [1.165, 1.54) is 6.92 Å². The number of carbonyl (C=O) groups excluding carboxylic acids is 2. The van der Waals surface area contributed by atoms with Crippen LogP contribution in [0.25, 0.3) is 0 Å². The summed E-state index contributed by atoms with van der Waals surface area (Å²) in [6, 6.07) is 1.83. The number of nitrogens with one attached hydrogen (secondary N) is 1. The van der Waals surface area contributed by atoms with Gasteiger partial charge in [-0.1, -0.05) is 6.42 Å². The molecule has 0 aromatic carbocycles. The molecule has 2 heterocycles. The summed E-state index contributed by atoms with van der Waals surface area (Å²) in [5, 5.41) is 2.98. The topological polar surface area (TPSA) is 88.8 Å². The Balaban J connectivity index is 1.50. The van der Waals surface area contributed by atoms with Crippen molar-refractivity contribution in [1.82, 2.24) is 10.2 Å². The summed E-state index contributed by atoms with van der Waals surface area (Å²) >= 11 is 0. The average molecular weight is 402 g/mol. The number of carbonyl (C=O) groups is 2. The van der Waals surface area contributed by atoms with Gasteiger partial charge in [-0.15, -0.1) is 0 Å². The zero-order chi connectivity index (χ0) is 20.7. The fourth-order valence-corrected chi connectivity index (χ4v) is 5.19. The third-order valence-corrected chi connectivity index (χ3v) is 6.98. The standard InChI is InChI=1S/C22H30N2O5/c1-12-7-18(14-5-4-6-14)29-22(27)20(12)21(26)24-10-15-8-17(23-13(2)25)19(28-3)9-16(15)11-24/h7,14-17,19H,4-6,8-11H2,1-3H3,(H,23,25)/t15-,16+,17-,19-/m1/s1. The molecule has 29 heavy (non-hydrogen) atoms. The Kier molecular flexibility index (Phi) is 5.51. The van der Waals surface area contributed by atoms with E-state index in [9.17, 15) is 14.4 Å². The second-order valence-corrected chi connectivity index (χ2v) is 8.90. The molecule has 7 nitrogen and oxygen atoms in total. The lowest BCUT2D eigenvalue weighted by molar-refractivity contribution is -0.121. The molecular weight excluding hydrogens is 372 g/mol. The highest BCUT2D eigenvalue weighted by molar-refractivity contribution is 5.95. The summed E-state index contributed by atoms with van der Waals surface area (Å²) in [5.41, 5.74) is 0.347. The van der Waals surface area contributed by atoms with Crippen molar-refractivity contribution in [3.8, 4) is 0 Å². The van der Waals surface area contributed by atoms with Gasteiger partial charge in [-0.25, -0.2) is 4.79 Å². The first-order valence-corrected chi connectivity index (χ1v) is 10.6. The Bertz CT molecular complexity index is 859. The molecule has 1 saturated heterocycles. The second kappa shape index (κ2) is 7.94. The molecule has 1 N–H and O–H groups in total. The summed E-state index contributed by atoms with van der Waals surface area (Å²) in [5.74, 6) is 1.33. The largest absolute Gasteiger partial charge is 0.427 e. The molecule has 2 amide bonds. The lowest BCUT2D eigenvalue weighted by Gasteiger charge is -2.37. The first kappa shape index (κ1) is 20.1. The number of ether oxygens (including phenoxy) is 1. The molecule has 4 rings (SSSR count). The van der Waals surface area contributed by atoms with Gasteiger partial charge in [0.25, 0.3) is 5.91 Å². The monoisotopic (exact) mass is 402 g/mol. The quantitative estimate of drug-likeness (QED) is 0.834. The summed E-state index contributed by atoms with van der Waals surface area (Å²) < 4.78 is 11.1. The van der Waals surface area contributed by atoms with E-state index in [-0.39, 0.29) is 29.5 Å². The summed E-state index contributed by atoms with van der Waals surface area (Å²) in [6.07, 6.45) is 4.77. The highest BCUT2D eigenvalue weighted by atomic mass is 16.5.